The molecule has 1 aliphatic heterocycles. The summed E-state index contributed by atoms with van der Waals surface area (Å²) in [5.41, 5.74) is 0. The molecule has 3 heteroatoms. The fourth-order valence-electron chi connectivity index (χ4n) is 2.19. The van der Waals surface area contributed by atoms with E-state index in [2.05, 4.69) is 34.7 Å². The zero-order valence-electron chi connectivity index (χ0n) is 9.29. The van der Waals surface area contributed by atoms with Gasteiger partial charge in [0.15, 0.2) is 0 Å². The Bertz CT molecular complexity index is 197. The Morgan fingerprint density at radius 1 is 1.43 bits per heavy atom. The molecule has 1 saturated heterocycles. The molecule has 0 aliphatic carbocycles. The van der Waals surface area contributed by atoms with E-state index in [-0.39, 0.29) is 10.7 Å². The van der Waals surface area contributed by atoms with Crippen LogP contribution in [-0.4, -0.2) is 27.7 Å². The second kappa shape index (κ2) is 5.15. The van der Waals surface area contributed by atoms with Gasteiger partial charge in [0, 0.05) is 12.1 Å². The van der Waals surface area contributed by atoms with E-state index in [0.717, 1.165) is 19.3 Å². The molecule has 0 aromatic carbocycles. The molecule has 0 saturated carbocycles. The first-order valence-electron chi connectivity index (χ1n) is 5.54. The zero-order valence-corrected chi connectivity index (χ0v) is 10.9. The van der Waals surface area contributed by atoms with Crippen LogP contribution in [0.1, 0.15) is 46.5 Å². The molecule has 0 bridgehead atoms. The van der Waals surface area contributed by atoms with E-state index in [1.54, 1.807) is 0 Å². The van der Waals surface area contributed by atoms with Gasteiger partial charge in [-0.1, -0.05) is 22.9 Å². The third-order valence-electron chi connectivity index (χ3n) is 3.07. The van der Waals surface area contributed by atoms with Gasteiger partial charge in [-0.05, 0) is 39.5 Å². The van der Waals surface area contributed by atoms with Gasteiger partial charge in [0.25, 0.3) is 0 Å². The van der Waals surface area contributed by atoms with Crippen molar-refractivity contribution in [2.75, 3.05) is 0 Å². The number of hydrogen-bond acceptors (Lipinski definition) is 1. The number of likely N-dealkylation sites (tertiary alicyclic amines) is 1. The summed E-state index contributed by atoms with van der Waals surface area (Å²) >= 11 is 3.44. The van der Waals surface area contributed by atoms with E-state index in [1.165, 1.54) is 6.42 Å². The molecule has 14 heavy (non-hydrogen) atoms. The molecule has 1 fully saturated rings. The number of alkyl halides is 1. The SMILES string of the molecule is CCC(Br)C(=O)N1C(C)CCCC1C. The maximum absolute atomic E-state index is 12.0. The monoisotopic (exact) mass is 261 g/mol. The van der Waals surface area contributed by atoms with Crippen LogP contribution in [0.3, 0.4) is 0 Å². The van der Waals surface area contributed by atoms with E-state index in [0.29, 0.717) is 12.1 Å². The maximum Gasteiger partial charge on any atom is 0.236 e. The Labute approximate surface area is 95.2 Å². The molecule has 3 unspecified atom stereocenters. The highest BCUT2D eigenvalue weighted by Crippen LogP contribution is 2.25. The second-order valence-electron chi connectivity index (χ2n) is 4.25. The first-order valence-corrected chi connectivity index (χ1v) is 6.45. The first-order chi connectivity index (χ1) is 6.57. The van der Waals surface area contributed by atoms with Crippen LogP contribution < -0.4 is 0 Å². The largest absolute Gasteiger partial charge is 0.336 e. The summed E-state index contributed by atoms with van der Waals surface area (Å²) in [4.78, 5) is 14.1. The molecular weight excluding hydrogens is 242 g/mol. The van der Waals surface area contributed by atoms with Gasteiger partial charge in [0.1, 0.15) is 0 Å². The number of piperidine rings is 1. The first kappa shape index (κ1) is 12.0. The molecule has 0 aromatic heterocycles. The summed E-state index contributed by atoms with van der Waals surface area (Å²) in [6, 6.07) is 0.829. The number of halogens is 1. The number of carbonyl (C=O) groups is 1. The number of rotatable bonds is 2. The maximum atomic E-state index is 12.0. The molecular formula is C11H20BrNO. The van der Waals surface area contributed by atoms with Gasteiger partial charge in [-0.2, -0.15) is 0 Å². The van der Waals surface area contributed by atoms with E-state index < -0.39 is 0 Å². The van der Waals surface area contributed by atoms with Crippen molar-refractivity contribution < 1.29 is 4.79 Å². The van der Waals surface area contributed by atoms with Crippen molar-refractivity contribution in [3.63, 3.8) is 0 Å². The van der Waals surface area contributed by atoms with Gasteiger partial charge in [0.2, 0.25) is 5.91 Å². The fraction of sp³-hybridized carbons (Fsp3) is 0.909. The van der Waals surface area contributed by atoms with Crippen molar-refractivity contribution in [3.05, 3.63) is 0 Å². The van der Waals surface area contributed by atoms with Crippen LogP contribution in [0.2, 0.25) is 0 Å². The van der Waals surface area contributed by atoms with Crippen molar-refractivity contribution in [1.82, 2.24) is 4.90 Å². The third-order valence-corrected chi connectivity index (χ3v) is 4.11. The Balaban J connectivity index is 2.67. The Kier molecular flexibility index (Phi) is 4.42. The van der Waals surface area contributed by atoms with Crippen molar-refractivity contribution in [2.24, 2.45) is 0 Å². The molecule has 1 heterocycles. The van der Waals surface area contributed by atoms with Gasteiger partial charge >= 0.3 is 0 Å². The molecule has 82 valence electrons. The highest BCUT2D eigenvalue weighted by atomic mass is 79.9. The Hall–Kier alpha value is -0.0500. The molecule has 0 aromatic rings. The smallest absolute Gasteiger partial charge is 0.236 e. The lowest BCUT2D eigenvalue weighted by molar-refractivity contribution is -0.136. The summed E-state index contributed by atoms with van der Waals surface area (Å²) in [7, 11) is 0. The molecule has 0 spiro atoms. The number of amides is 1. The summed E-state index contributed by atoms with van der Waals surface area (Å²) < 4.78 is 0. The standard InChI is InChI=1S/C11H20BrNO/c1-4-10(12)11(14)13-8(2)6-5-7-9(13)3/h8-10H,4-7H2,1-3H3. The second-order valence-corrected chi connectivity index (χ2v) is 5.36. The Morgan fingerprint density at radius 3 is 2.36 bits per heavy atom. The van der Waals surface area contributed by atoms with Crippen LogP contribution in [0.5, 0.6) is 0 Å². The quantitative estimate of drug-likeness (QED) is 0.701. The minimum Gasteiger partial charge on any atom is -0.336 e. The van der Waals surface area contributed by atoms with Crippen molar-refractivity contribution in [2.45, 2.75) is 63.4 Å². The van der Waals surface area contributed by atoms with Crippen molar-refractivity contribution >= 4 is 21.8 Å². The summed E-state index contributed by atoms with van der Waals surface area (Å²) in [5, 5.41) is 0. The lowest BCUT2D eigenvalue weighted by Gasteiger charge is -2.40. The van der Waals surface area contributed by atoms with Gasteiger partial charge in [-0.25, -0.2) is 0 Å². The minimum absolute atomic E-state index is 0.00509. The zero-order chi connectivity index (χ0) is 10.7. The van der Waals surface area contributed by atoms with Crippen LogP contribution in [0.15, 0.2) is 0 Å². The summed E-state index contributed by atoms with van der Waals surface area (Å²) in [5.74, 6) is 0.271. The molecule has 0 radical (unpaired) electrons. The predicted octanol–water partition coefficient (Wildman–Crippen LogP) is 2.95. The Morgan fingerprint density at radius 2 is 1.93 bits per heavy atom. The highest BCUT2D eigenvalue weighted by Gasteiger charge is 2.31. The average molecular weight is 262 g/mol. The van der Waals surface area contributed by atoms with E-state index in [4.69, 9.17) is 0 Å². The minimum atomic E-state index is 0.00509. The van der Waals surface area contributed by atoms with Crippen LogP contribution in [-0.2, 0) is 4.79 Å². The third kappa shape index (κ3) is 2.50. The molecule has 1 amide bonds. The molecule has 2 nitrogen and oxygen atoms in total. The van der Waals surface area contributed by atoms with E-state index >= 15 is 0 Å². The van der Waals surface area contributed by atoms with Crippen LogP contribution in [0.25, 0.3) is 0 Å². The topological polar surface area (TPSA) is 20.3 Å². The fourth-order valence-corrected chi connectivity index (χ4v) is 2.43. The number of hydrogen-bond donors (Lipinski definition) is 0. The van der Waals surface area contributed by atoms with E-state index in [1.807, 2.05) is 6.92 Å². The van der Waals surface area contributed by atoms with Gasteiger partial charge in [-0.15, -0.1) is 0 Å². The average Bonchev–Trinajstić information content (AvgIpc) is 2.16. The predicted molar refractivity (Wildman–Crippen MR) is 62.6 cm³/mol. The lowest BCUT2D eigenvalue weighted by Crippen LogP contribution is -2.50. The summed E-state index contributed by atoms with van der Waals surface area (Å²) in [6.45, 7) is 6.35. The normalized spacial score (nSPS) is 30.1. The molecule has 0 N–H and O–H groups in total. The highest BCUT2D eigenvalue weighted by molar-refractivity contribution is 9.10. The van der Waals surface area contributed by atoms with E-state index in [9.17, 15) is 4.79 Å². The van der Waals surface area contributed by atoms with Gasteiger partial charge in [-0.3, -0.25) is 4.79 Å². The van der Waals surface area contributed by atoms with Crippen LogP contribution in [0.4, 0.5) is 0 Å². The molecule has 3 atom stereocenters. The van der Waals surface area contributed by atoms with Crippen molar-refractivity contribution in [3.8, 4) is 0 Å². The molecule has 1 rings (SSSR count). The van der Waals surface area contributed by atoms with Crippen molar-refractivity contribution in [1.29, 1.82) is 0 Å². The number of nitrogens with zero attached hydrogens (tertiary/aromatic N) is 1. The van der Waals surface area contributed by atoms with Gasteiger partial charge < -0.3 is 4.90 Å². The van der Waals surface area contributed by atoms with Gasteiger partial charge in [0.05, 0.1) is 4.83 Å². The summed E-state index contributed by atoms with van der Waals surface area (Å²) in [6.07, 6.45) is 4.43. The van der Waals surface area contributed by atoms with Crippen LogP contribution >= 0.6 is 15.9 Å². The molecule has 1 aliphatic rings. The lowest BCUT2D eigenvalue weighted by atomic mass is 9.97. The number of carbonyl (C=O) groups excluding carboxylic acids is 1. The van der Waals surface area contributed by atoms with Crippen LogP contribution in [0, 0.1) is 0 Å².